The molecular formula is C28H46. The molecule has 0 nitrogen and oxygen atoms in total. The van der Waals surface area contributed by atoms with Crippen molar-refractivity contribution in [2.24, 2.45) is 5.92 Å². The van der Waals surface area contributed by atoms with Crippen LogP contribution in [0.5, 0.6) is 0 Å². The van der Waals surface area contributed by atoms with Crippen molar-refractivity contribution >= 4 is 10.8 Å². The van der Waals surface area contributed by atoms with Gasteiger partial charge >= 0.3 is 0 Å². The topological polar surface area (TPSA) is 0 Å². The Hall–Kier alpha value is -2.08. The summed E-state index contributed by atoms with van der Waals surface area (Å²) in [5, 5.41) is 2.62. The quantitative estimate of drug-likeness (QED) is 0.392. The van der Waals surface area contributed by atoms with E-state index in [1.807, 2.05) is 33.8 Å². The van der Waals surface area contributed by atoms with E-state index in [4.69, 9.17) is 0 Å². The lowest BCUT2D eigenvalue weighted by atomic mass is 10.0. The summed E-state index contributed by atoms with van der Waals surface area (Å²) in [4.78, 5) is 0. The molecule has 3 rings (SSSR count). The Morgan fingerprint density at radius 1 is 0.464 bits per heavy atom. The zero-order valence-corrected chi connectivity index (χ0v) is 19.2. The van der Waals surface area contributed by atoms with Gasteiger partial charge in [0, 0.05) is 0 Å². The Bertz CT molecular complexity index is 583. The van der Waals surface area contributed by atoms with Gasteiger partial charge in [0.05, 0.1) is 0 Å². The highest BCUT2D eigenvalue weighted by atomic mass is 14.0. The first-order valence-electron chi connectivity index (χ1n) is 10.5. The molecule has 0 bridgehead atoms. The minimum atomic E-state index is 0. The highest BCUT2D eigenvalue weighted by Crippen LogP contribution is 2.12. The van der Waals surface area contributed by atoms with Gasteiger partial charge in [0.2, 0.25) is 0 Å². The van der Waals surface area contributed by atoms with Crippen LogP contribution in [0.4, 0.5) is 0 Å². The van der Waals surface area contributed by atoms with Crippen LogP contribution in [0.25, 0.3) is 10.8 Å². The maximum atomic E-state index is 2.20. The van der Waals surface area contributed by atoms with Gasteiger partial charge in [-0.25, -0.2) is 0 Å². The van der Waals surface area contributed by atoms with E-state index in [0.29, 0.717) is 5.92 Å². The molecule has 3 aromatic carbocycles. The minimum Gasteiger partial charge on any atom is -0.0776 e. The van der Waals surface area contributed by atoms with E-state index < -0.39 is 0 Å². The molecule has 0 aliphatic rings. The smallest absolute Gasteiger partial charge is 0.0184 e. The predicted octanol–water partition coefficient (Wildman–Crippen LogP) is 10.0. The number of benzene rings is 3. The first-order valence-corrected chi connectivity index (χ1v) is 10.5. The standard InChI is InChI=1S/C10H8.C9H12.C4H10.2C2H6.CH4/c1-2-6-10-8-4-3-7-9(10)5-1;1-8(2)9-6-4-3-5-7-9;1-4(2)3;2*1-2;/h1-8H;3-8H,1-2H3;4H,1-3H3;2*1-2H3;1H4. The van der Waals surface area contributed by atoms with Gasteiger partial charge in [-0.05, 0) is 28.2 Å². The highest BCUT2D eigenvalue weighted by molar-refractivity contribution is 5.81. The number of rotatable bonds is 1. The molecule has 0 aliphatic heterocycles. The van der Waals surface area contributed by atoms with Gasteiger partial charge in [0.25, 0.3) is 0 Å². The lowest BCUT2D eigenvalue weighted by Crippen LogP contribution is -1.83. The van der Waals surface area contributed by atoms with Crippen LogP contribution in [0.2, 0.25) is 0 Å². The fourth-order valence-electron chi connectivity index (χ4n) is 1.97. The molecule has 28 heavy (non-hydrogen) atoms. The summed E-state index contributed by atoms with van der Waals surface area (Å²) in [6, 6.07) is 27.2. The van der Waals surface area contributed by atoms with Gasteiger partial charge < -0.3 is 0 Å². The van der Waals surface area contributed by atoms with Crippen molar-refractivity contribution in [1.82, 2.24) is 0 Å². The molecule has 0 spiro atoms. The maximum absolute atomic E-state index is 2.20. The van der Waals surface area contributed by atoms with Crippen molar-refractivity contribution in [3.8, 4) is 0 Å². The van der Waals surface area contributed by atoms with Crippen LogP contribution in [0, 0.1) is 5.92 Å². The molecule has 0 N–H and O–H groups in total. The van der Waals surface area contributed by atoms with E-state index >= 15 is 0 Å². The Morgan fingerprint density at radius 2 is 0.714 bits per heavy atom. The summed E-state index contributed by atoms with van der Waals surface area (Å²) in [5.41, 5.74) is 1.41. The third-order valence-electron chi connectivity index (χ3n) is 3.12. The van der Waals surface area contributed by atoms with Gasteiger partial charge in [0.1, 0.15) is 0 Å². The fourth-order valence-corrected chi connectivity index (χ4v) is 1.97. The summed E-state index contributed by atoms with van der Waals surface area (Å²) in [7, 11) is 0. The van der Waals surface area contributed by atoms with Gasteiger partial charge in [-0.2, -0.15) is 0 Å². The van der Waals surface area contributed by atoms with E-state index in [0.717, 1.165) is 5.92 Å². The largest absolute Gasteiger partial charge is 0.0776 e. The van der Waals surface area contributed by atoms with Gasteiger partial charge in [0.15, 0.2) is 0 Å². The Kier molecular flexibility index (Phi) is 23.2. The summed E-state index contributed by atoms with van der Waals surface area (Å²) in [5.74, 6) is 1.49. The first-order chi connectivity index (χ1) is 13.0. The second-order valence-corrected chi connectivity index (χ2v) is 6.64. The summed E-state index contributed by atoms with van der Waals surface area (Å²) < 4.78 is 0. The monoisotopic (exact) mass is 382 g/mol. The Labute approximate surface area is 177 Å². The van der Waals surface area contributed by atoms with E-state index in [1.165, 1.54) is 16.3 Å². The second kappa shape index (κ2) is 21.2. The number of hydrogen-bond acceptors (Lipinski definition) is 0. The van der Waals surface area contributed by atoms with Crippen LogP contribution in [-0.4, -0.2) is 0 Å². The normalized spacial score (nSPS) is 8.54. The van der Waals surface area contributed by atoms with E-state index in [-0.39, 0.29) is 7.43 Å². The second-order valence-electron chi connectivity index (χ2n) is 6.64. The predicted molar refractivity (Wildman–Crippen MR) is 134 cm³/mol. The molecule has 0 atom stereocenters. The molecule has 0 radical (unpaired) electrons. The van der Waals surface area contributed by atoms with Crippen LogP contribution in [0.1, 0.15) is 81.2 Å². The first kappa shape index (κ1) is 30.6. The van der Waals surface area contributed by atoms with Crippen LogP contribution in [0.15, 0.2) is 78.9 Å². The van der Waals surface area contributed by atoms with Crippen LogP contribution < -0.4 is 0 Å². The third kappa shape index (κ3) is 16.1. The molecule has 0 unspecified atom stereocenters. The third-order valence-corrected chi connectivity index (χ3v) is 3.12. The van der Waals surface area contributed by atoms with E-state index in [1.54, 1.807) is 0 Å². The van der Waals surface area contributed by atoms with Gasteiger partial charge in [-0.1, -0.05) is 149 Å². The molecule has 3 aromatic rings. The van der Waals surface area contributed by atoms with Crippen molar-refractivity contribution < 1.29 is 0 Å². The molecule has 0 aliphatic carbocycles. The van der Waals surface area contributed by atoms with Crippen LogP contribution >= 0.6 is 0 Å². The van der Waals surface area contributed by atoms with Crippen molar-refractivity contribution in [2.45, 2.75) is 75.7 Å². The zero-order valence-electron chi connectivity index (χ0n) is 19.2. The van der Waals surface area contributed by atoms with E-state index in [2.05, 4.69) is 107 Å². The molecular weight excluding hydrogens is 336 g/mol. The van der Waals surface area contributed by atoms with Crippen molar-refractivity contribution in [3.63, 3.8) is 0 Å². The number of fused-ring (bicyclic) bond motifs is 1. The Morgan fingerprint density at radius 3 is 0.929 bits per heavy atom. The van der Waals surface area contributed by atoms with Crippen LogP contribution in [0.3, 0.4) is 0 Å². The highest BCUT2D eigenvalue weighted by Gasteiger charge is 1.93. The van der Waals surface area contributed by atoms with Crippen molar-refractivity contribution in [3.05, 3.63) is 84.4 Å². The van der Waals surface area contributed by atoms with E-state index in [9.17, 15) is 0 Å². The molecule has 0 heteroatoms. The van der Waals surface area contributed by atoms with Crippen LogP contribution in [-0.2, 0) is 0 Å². The molecule has 0 saturated heterocycles. The molecule has 0 heterocycles. The molecule has 0 fully saturated rings. The average molecular weight is 383 g/mol. The maximum Gasteiger partial charge on any atom is -0.0184 e. The lowest BCUT2D eigenvalue weighted by molar-refractivity contribution is 0.737. The summed E-state index contributed by atoms with van der Waals surface area (Å²) >= 11 is 0. The minimum absolute atomic E-state index is 0. The Balaban J connectivity index is -0.000000322. The SMILES string of the molecule is C.CC.CC.CC(C)C.CC(C)c1ccccc1.c1ccc2ccccc2c1. The van der Waals surface area contributed by atoms with Crippen molar-refractivity contribution in [1.29, 1.82) is 0 Å². The molecule has 0 aromatic heterocycles. The fraction of sp³-hybridized carbons (Fsp3) is 0.429. The molecule has 0 amide bonds. The number of hydrogen-bond donors (Lipinski definition) is 0. The zero-order chi connectivity index (χ0) is 21.1. The average Bonchev–Trinajstić information content (AvgIpc) is 2.72. The van der Waals surface area contributed by atoms with Gasteiger partial charge in [-0.15, -0.1) is 0 Å². The summed E-state index contributed by atoms with van der Waals surface area (Å²) in [6.45, 7) is 18.9. The molecule has 0 saturated carbocycles. The lowest BCUT2D eigenvalue weighted by Gasteiger charge is -2.01. The summed E-state index contributed by atoms with van der Waals surface area (Å²) in [6.07, 6.45) is 0. The van der Waals surface area contributed by atoms with Crippen molar-refractivity contribution in [2.75, 3.05) is 0 Å². The van der Waals surface area contributed by atoms with Gasteiger partial charge in [-0.3, -0.25) is 0 Å². The molecule has 158 valence electrons.